The molecule has 5 aliphatic rings. The van der Waals surface area contributed by atoms with Crippen molar-refractivity contribution in [1.29, 1.82) is 21.0 Å². The molecule has 8 heterocycles. The summed E-state index contributed by atoms with van der Waals surface area (Å²) in [5.74, 6) is -0.202. The summed E-state index contributed by atoms with van der Waals surface area (Å²) in [7, 11) is -12.9. The molecule has 1 atom stereocenters. The molecular formula is C101H112Cl4F2N14O13S4. The lowest BCUT2D eigenvalue weighted by Gasteiger charge is -2.59. The van der Waals surface area contributed by atoms with Crippen molar-refractivity contribution in [1.82, 2.24) is 46.7 Å². The van der Waals surface area contributed by atoms with E-state index in [-0.39, 0.29) is 35.1 Å². The summed E-state index contributed by atoms with van der Waals surface area (Å²) in [5, 5.41) is 44.1. The Bertz CT molecular complexity index is 7180. The summed E-state index contributed by atoms with van der Waals surface area (Å²) in [6.07, 6.45) is 20.2. The number of rotatable bonds is 32. The van der Waals surface area contributed by atoms with E-state index in [2.05, 4.69) is 92.1 Å². The molecule has 1 unspecified atom stereocenters. The molecule has 0 bridgehead atoms. The number of fused-ring (bicyclic) bond motifs is 4. The number of ether oxygens (including phenoxy) is 5. The molecule has 27 nitrogen and oxygen atoms in total. The molecule has 37 heteroatoms. The Morgan fingerprint density at radius 2 is 0.812 bits per heavy atom. The number of sulfone groups is 1. The van der Waals surface area contributed by atoms with E-state index in [1.165, 1.54) is 29.9 Å². The van der Waals surface area contributed by atoms with Crippen molar-refractivity contribution in [2.75, 3.05) is 116 Å². The summed E-state index contributed by atoms with van der Waals surface area (Å²) in [6, 6.07) is 54.2. The second-order valence-electron chi connectivity index (χ2n) is 36.8. The van der Waals surface area contributed by atoms with Crippen LogP contribution in [0.15, 0.2) is 170 Å². The number of hydrogen-bond donors (Lipinski definition) is 2. The number of hydrogen-bond acceptors (Lipinski definition) is 20. The molecule has 5 fully saturated rings. The van der Waals surface area contributed by atoms with Gasteiger partial charge in [-0.3, -0.25) is 14.7 Å². The van der Waals surface area contributed by atoms with Crippen LogP contribution in [-0.4, -0.2) is 211 Å². The van der Waals surface area contributed by atoms with Gasteiger partial charge >= 0.3 is 0 Å². The Morgan fingerprint density at radius 1 is 0.435 bits per heavy atom. The van der Waals surface area contributed by atoms with Gasteiger partial charge in [0.05, 0.1) is 140 Å². The van der Waals surface area contributed by atoms with Crippen molar-refractivity contribution >= 4 is 130 Å². The first kappa shape index (κ1) is 103. The molecule has 4 aliphatic heterocycles. The van der Waals surface area contributed by atoms with Crippen LogP contribution in [0.1, 0.15) is 131 Å². The monoisotopic (exact) mass is 2030 g/mol. The van der Waals surface area contributed by atoms with Crippen LogP contribution in [0.3, 0.4) is 0 Å². The van der Waals surface area contributed by atoms with Crippen LogP contribution in [0.25, 0.3) is 66.4 Å². The molecule has 1 saturated carbocycles. The molecule has 8 aromatic carbocycles. The third-order valence-electron chi connectivity index (χ3n) is 24.8. The van der Waals surface area contributed by atoms with Crippen molar-refractivity contribution in [3.05, 3.63) is 229 Å². The Hall–Kier alpha value is -10.5. The molecule has 1 aliphatic carbocycles. The van der Waals surface area contributed by atoms with Crippen molar-refractivity contribution in [3.63, 3.8) is 0 Å². The minimum Gasteiger partial charge on any atom is -0.491 e. The Labute approximate surface area is 825 Å². The van der Waals surface area contributed by atoms with Gasteiger partial charge in [-0.15, -0.1) is 0 Å². The summed E-state index contributed by atoms with van der Waals surface area (Å²) in [5.41, 5.74) is 11.7. The maximum Gasteiger partial charge on any atom is 0.276 e. The van der Waals surface area contributed by atoms with Crippen LogP contribution in [0.2, 0.25) is 20.1 Å². The fourth-order valence-corrected chi connectivity index (χ4v) is 23.9. The van der Waals surface area contributed by atoms with Gasteiger partial charge in [0, 0.05) is 146 Å². The molecule has 17 rings (SSSR count). The highest BCUT2D eigenvalue weighted by Gasteiger charge is 2.54. The molecule has 730 valence electrons. The van der Waals surface area contributed by atoms with Gasteiger partial charge in [0.15, 0.2) is 23.0 Å². The number of piperidine rings is 1. The first-order valence-corrected chi connectivity index (χ1v) is 55.0. The Morgan fingerprint density at radius 3 is 1.17 bits per heavy atom. The minimum atomic E-state index is -3.71. The van der Waals surface area contributed by atoms with E-state index < -0.39 is 58.4 Å². The highest BCUT2D eigenvalue weighted by molar-refractivity contribution is 7.90. The van der Waals surface area contributed by atoms with E-state index in [4.69, 9.17) is 70.1 Å². The molecule has 4 aromatic heterocycles. The van der Waals surface area contributed by atoms with Gasteiger partial charge in [-0.25, -0.2) is 56.2 Å². The van der Waals surface area contributed by atoms with Crippen molar-refractivity contribution < 1.29 is 66.1 Å². The van der Waals surface area contributed by atoms with Gasteiger partial charge in [0.2, 0.25) is 30.1 Å². The molecule has 2 N–H and O–H groups in total. The van der Waals surface area contributed by atoms with Gasteiger partial charge in [-0.1, -0.05) is 92.3 Å². The average Bonchev–Trinajstić information content (AvgIpc) is 0.782. The molecular weight excluding hydrogens is 1930 g/mol. The van der Waals surface area contributed by atoms with Gasteiger partial charge in [-0.05, 0) is 221 Å². The SMILES string of the molecule is CCCOc1c(Cl)cc(-n2ccc3cc(CCN4CC(C)(NS(C)(=O)=O)C4)ccc32)cc1C#N.CCCOc1c(Cl)cc(-n2ccc3cc(CN4CC5(C4)CN(S(C)(=O)=O)C5)ccc32)cc1C#N.CCCOc1c(Cl)cc(-n2ccc3cc(CN4CCC(NS(C)(=O)=O)C(F)(F)C4)ccc32)cc1C#N.CCCOc1c(Cl)cc(-n2ccc3cc(OC4CCC(CS(C)(=O)=O)CC4)ccc32)cc1C#N. The zero-order valence-electron chi connectivity index (χ0n) is 78.4. The molecule has 0 amide bonds. The molecule has 1 spiro atoms. The van der Waals surface area contributed by atoms with E-state index in [9.17, 15) is 63.5 Å². The second kappa shape index (κ2) is 43.7. The lowest BCUT2D eigenvalue weighted by Crippen LogP contribution is -2.72. The topological polar surface area (TPSA) is 335 Å². The molecule has 0 radical (unpaired) electrons. The Kier molecular flexibility index (Phi) is 32.7. The number of alkyl halides is 2. The Balaban J connectivity index is 0.000000147. The summed E-state index contributed by atoms with van der Waals surface area (Å²) in [6.45, 7) is 18.3. The van der Waals surface area contributed by atoms with E-state index in [1.54, 1.807) is 33.5 Å². The third-order valence-corrected chi connectivity index (χ3v) is 29.8. The molecule has 4 saturated heterocycles. The number of nitrogens with zero attached hydrogens (tertiary/aromatic N) is 12. The maximum absolute atomic E-state index is 14.6. The van der Waals surface area contributed by atoms with Crippen LogP contribution in [0.5, 0.6) is 28.7 Å². The van der Waals surface area contributed by atoms with E-state index >= 15 is 0 Å². The van der Waals surface area contributed by atoms with Gasteiger partial charge in [0.25, 0.3) is 5.92 Å². The van der Waals surface area contributed by atoms with Crippen LogP contribution >= 0.6 is 46.4 Å². The number of nitriles is 4. The van der Waals surface area contributed by atoms with E-state index in [0.29, 0.717) is 137 Å². The van der Waals surface area contributed by atoms with Crippen molar-refractivity contribution in [2.24, 2.45) is 11.3 Å². The number of nitrogens with one attached hydrogen (secondary N) is 2. The van der Waals surface area contributed by atoms with Gasteiger partial charge in [0.1, 0.15) is 39.9 Å². The van der Waals surface area contributed by atoms with E-state index in [1.807, 2.05) is 150 Å². The zero-order chi connectivity index (χ0) is 99.0. The fourth-order valence-electron chi connectivity index (χ4n) is 18.8. The van der Waals surface area contributed by atoms with Crippen molar-refractivity contribution in [3.8, 4) is 75.8 Å². The number of benzene rings is 8. The highest BCUT2D eigenvalue weighted by Crippen LogP contribution is 2.44. The number of likely N-dealkylation sites (tertiary alicyclic amines) is 3. The minimum absolute atomic E-state index is 0.0264. The normalized spacial score (nSPS) is 17.6. The van der Waals surface area contributed by atoms with Crippen LogP contribution in [0, 0.1) is 56.7 Å². The van der Waals surface area contributed by atoms with Crippen LogP contribution in [0.4, 0.5) is 8.78 Å². The lowest BCUT2D eigenvalue weighted by atomic mass is 9.74. The first-order valence-electron chi connectivity index (χ1n) is 45.8. The predicted octanol–water partition coefficient (Wildman–Crippen LogP) is 18.8. The number of halogens is 6. The summed E-state index contributed by atoms with van der Waals surface area (Å²) < 4.78 is 165. The van der Waals surface area contributed by atoms with E-state index in [0.717, 1.165) is 162 Å². The summed E-state index contributed by atoms with van der Waals surface area (Å²) in [4.78, 5) is 6.25. The predicted molar refractivity (Wildman–Crippen MR) is 538 cm³/mol. The quantitative estimate of drug-likeness (QED) is 0.0395. The maximum atomic E-state index is 14.6. The lowest BCUT2D eigenvalue weighted by molar-refractivity contribution is -0.0862. The van der Waals surface area contributed by atoms with Crippen LogP contribution in [-0.2, 0) is 59.4 Å². The standard InChI is InChI=1S/C26H29ClN2O4S.C25H27ClF2N4O3S.C25H27ClN4O3S.C25H29ClN4O3S/c1-3-12-32-26-20(16-28)13-21(15-24(26)27)29-11-10-19-14-23(8-9-25(19)29)33-22-6-4-18(5-7-22)17-34(2,30)31;1-3-10-35-24-19(14-29)12-20(13-21(24)26)32-9-6-18-11-17(4-5-22(18)32)15-31-8-7-23(25(27,28)16-31)30-36(2,33)34;1-3-8-33-24-20(12-27)10-21(11-22(24)26)30-7-6-19-9-18(4-5-23(19)30)13-28-14-25(15-28)16-29(17-25)34(2,31)32;1-4-11-33-24-20(15-27)13-21(14-22(24)26)30-10-8-19-12-18(5-6-23(19)30)7-9-29-16-25(2,17-29)28-34(3,31)32/h8-11,13-15,18,22H,3-7,12,17H2,1-2H3;4-6,9,11-13,23,30H,3,7-8,10,15-16H2,1-2H3;4-7,9-11H,3,8,13-17H2,1-2H3;5-6,8,10,12-14,28H,4,7,9,11,16-17H2,1-3H3. The molecule has 138 heavy (non-hydrogen) atoms. The van der Waals surface area contributed by atoms with Gasteiger partial charge in [-0.2, -0.15) is 21.0 Å². The zero-order valence-corrected chi connectivity index (χ0v) is 84.6. The van der Waals surface area contributed by atoms with Gasteiger partial charge < -0.3 is 42.0 Å². The fraction of sp³-hybridized carbons (Fsp3) is 0.406. The second-order valence-corrected chi connectivity index (χ2v) is 46.2. The van der Waals surface area contributed by atoms with Crippen LogP contribution < -0.4 is 33.1 Å². The average molecular weight is 2040 g/mol. The smallest absolute Gasteiger partial charge is 0.276 e. The largest absolute Gasteiger partial charge is 0.491 e. The number of sulfonamides is 3. The summed E-state index contributed by atoms with van der Waals surface area (Å²) >= 11 is 25.8. The highest BCUT2D eigenvalue weighted by atomic mass is 35.5. The first-order chi connectivity index (χ1) is 65.6. The molecule has 12 aromatic rings. The number of aromatic nitrogens is 4. The third kappa shape index (κ3) is 25.4. The van der Waals surface area contributed by atoms with Crippen molar-refractivity contribution in [2.45, 2.75) is 136 Å².